The number of carbonyl (C=O) groups excluding carboxylic acids is 2. The maximum absolute atomic E-state index is 13.7. The molecule has 0 unspecified atom stereocenters. The quantitative estimate of drug-likeness (QED) is 0.486. The Morgan fingerprint density at radius 2 is 1.87 bits per heavy atom. The average molecular weight is 408 g/mol. The van der Waals surface area contributed by atoms with Crippen molar-refractivity contribution in [2.45, 2.75) is 38.6 Å². The second kappa shape index (κ2) is 8.57. The van der Waals surface area contributed by atoms with E-state index < -0.39 is 24.2 Å². The molecular weight excluding hydrogens is 387 g/mol. The van der Waals surface area contributed by atoms with Crippen LogP contribution in [0.15, 0.2) is 47.3 Å². The van der Waals surface area contributed by atoms with Crippen molar-refractivity contribution < 1.29 is 18.7 Å². The fraction of sp³-hybridized carbons (Fsp3) is 0.304. The van der Waals surface area contributed by atoms with Gasteiger partial charge in [0, 0.05) is 13.0 Å². The largest absolute Gasteiger partial charge is 0.454 e. The Balaban J connectivity index is 1.56. The molecule has 1 aliphatic heterocycles. The van der Waals surface area contributed by atoms with Crippen molar-refractivity contribution in [1.29, 1.82) is 0 Å². The lowest BCUT2D eigenvalue weighted by molar-refractivity contribution is 0.0473. The standard InChI is InChI=1S/C23H21FN2O4/c24-18-8-5-4-7-16(18)20(27)14-30-23(29)15-10-11-17-19(13-15)25-21-9-3-1-2-6-12-26(21)22(17)28/h4-5,7-8,10-11,13H,1-3,6,9,12,14H2. The minimum absolute atomic E-state index is 0.105. The molecule has 0 radical (unpaired) electrons. The van der Waals surface area contributed by atoms with Crippen LogP contribution >= 0.6 is 0 Å². The first-order chi connectivity index (χ1) is 14.5. The van der Waals surface area contributed by atoms with Crippen molar-refractivity contribution in [3.8, 4) is 0 Å². The molecule has 0 saturated heterocycles. The number of ketones is 1. The molecule has 1 aromatic heterocycles. The van der Waals surface area contributed by atoms with E-state index in [0.29, 0.717) is 17.4 Å². The summed E-state index contributed by atoms with van der Waals surface area (Å²) in [7, 11) is 0. The molecule has 0 atom stereocenters. The van der Waals surface area contributed by atoms with Crippen LogP contribution in [0.4, 0.5) is 4.39 Å². The third-order valence-electron chi connectivity index (χ3n) is 5.31. The van der Waals surface area contributed by atoms with Crippen LogP contribution < -0.4 is 5.56 Å². The van der Waals surface area contributed by atoms with E-state index in [1.165, 1.54) is 36.4 Å². The number of halogens is 1. The van der Waals surface area contributed by atoms with Crippen LogP contribution in [0, 0.1) is 5.82 Å². The fourth-order valence-electron chi connectivity index (χ4n) is 3.70. The van der Waals surface area contributed by atoms with Crippen LogP contribution in [0.3, 0.4) is 0 Å². The van der Waals surface area contributed by atoms with E-state index in [1.54, 1.807) is 10.6 Å². The summed E-state index contributed by atoms with van der Waals surface area (Å²) in [4.78, 5) is 42.0. The monoisotopic (exact) mass is 408 g/mol. The molecule has 30 heavy (non-hydrogen) atoms. The van der Waals surface area contributed by atoms with Gasteiger partial charge in [0.15, 0.2) is 6.61 Å². The van der Waals surface area contributed by atoms with Gasteiger partial charge in [-0.2, -0.15) is 0 Å². The number of rotatable bonds is 4. The SMILES string of the molecule is O=C(OCC(=O)c1ccccc1F)c1ccc2c(=O)n3c(nc2c1)CCCCCC3. The summed E-state index contributed by atoms with van der Waals surface area (Å²) in [6.07, 6.45) is 4.84. The molecule has 0 N–H and O–H groups in total. The van der Waals surface area contributed by atoms with Crippen molar-refractivity contribution >= 4 is 22.7 Å². The van der Waals surface area contributed by atoms with Crippen molar-refractivity contribution in [1.82, 2.24) is 9.55 Å². The number of hydrogen-bond donors (Lipinski definition) is 0. The van der Waals surface area contributed by atoms with Crippen LogP contribution in [-0.2, 0) is 17.7 Å². The normalized spacial score (nSPS) is 13.9. The van der Waals surface area contributed by atoms with Gasteiger partial charge < -0.3 is 4.74 Å². The molecule has 6 nitrogen and oxygen atoms in total. The second-order valence-electron chi connectivity index (χ2n) is 7.36. The number of carbonyl (C=O) groups is 2. The predicted octanol–water partition coefficient (Wildman–Crippen LogP) is 3.69. The molecule has 0 spiro atoms. The first-order valence-corrected chi connectivity index (χ1v) is 10.0. The number of Topliss-reactive ketones (excluding diaryl/α,β-unsaturated/α-hetero) is 1. The highest BCUT2D eigenvalue weighted by Crippen LogP contribution is 2.17. The van der Waals surface area contributed by atoms with Crippen LogP contribution in [-0.4, -0.2) is 27.9 Å². The van der Waals surface area contributed by atoms with E-state index in [0.717, 1.165) is 37.9 Å². The van der Waals surface area contributed by atoms with Crippen molar-refractivity contribution in [2.75, 3.05) is 6.61 Å². The van der Waals surface area contributed by atoms with Crippen LogP contribution in [0.5, 0.6) is 0 Å². The Labute approximate surface area is 172 Å². The zero-order valence-corrected chi connectivity index (χ0v) is 16.4. The third-order valence-corrected chi connectivity index (χ3v) is 5.31. The van der Waals surface area contributed by atoms with Crippen LogP contribution in [0.1, 0.15) is 52.2 Å². The van der Waals surface area contributed by atoms with Gasteiger partial charge in [-0.1, -0.05) is 25.0 Å². The molecule has 0 aliphatic carbocycles. The van der Waals surface area contributed by atoms with Gasteiger partial charge in [-0.05, 0) is 43.2 Å². The minimum atomic E-state index is -0.727. The maximum atomic E-state index is 13.7. The molecular formula is C23H21FN2O4. The first kappa shape index (κ1) is 19.9. The Morgan fingerprint density at radius 3 is 2.70 bits per heavy atom. The summed E-state index contributed by atoms with van der Waals surface area (Å²) < 4.78 is 20.5. The van der Waals surface area contributed by atoms with Gasteiger partial charge in [-0.15, -0.1) is 0 Å². The predicted molar refractivity (Wildman–Crippen MR) is 109 cm³/mol. The summed E-state index contributed by atoms with van der Waals surface area (Å²) in [5.74, 6) is -1.28. The lowest BCUT2D eigenvalue weighted by Crippen LogP contribution is -2.26. The minimum Gasteiger partial charge on any atom is -0.454 e. The van der Waals surface area contributed by atoms with Crippen LogP contribution in [0.2, 0.25) is 0 Å². The van der Waals surface area contributed by atoms with Crippen molar-refractivity contribution in [3.05, 3.63) is 75.6 Å². The molecule has 4 rings (SSSR count). The van der Waals surface area contributed by atoms with Gasteiger partial charge in [0.25, 0.3) is 5.56 Å². The topological polar surface area (TPSA) is 78.3 Å². The number of fused-ring (bicyclic) bond motifs is 2. The second-order valence-corrected chi connectivity index (χ2v) is 7.36. The number of aryl methyl sites for hydroxylation is 1. The summed E-state index contributed by atoms with van der Waals surface area (Å²) in [5.41, 5.74) is 0.386. The number of hydrogen-bond acceptors (Lipinski definition) is 5. The Bertz CT molecular complexity index is 1190. The zero-order valence-electron chi connectivity index (χ0n) is 16.4. The summed E-state index contributed by atoms with van der Waals surface area (Å²) in [6.45, 7) is 0.0805. The van der Waals surface area contributed by atoms with E-state index in [1.807, 2.05) is 0 Å². The lowest BCUT2D eigenvalue weighted by atomic mass is 10.1. The maximum Gasteiger partial charge on any atom is 0.338 e. The highest BCUT2D eigenvalue weighted by molar-refractivity contribution is 6.00. The molecule has 0 fully saturated rings. The summed E-state index contributed by atoms with van der Waals surface area (Å²) in [5, 5.41) is 0.443. The lowest BCUT2D eigenvalue weighted by Gasteiger charge is -2.16. The van der Waals surface area contributed by atoms with Gasteiger partial charge >= 0.3 is 5.97 Å². The van der Waals surface area contributed by atoms with Gasteiger partial charge in [-0.25, -0.2) is 14.2 Å². The van der Waals surface area contributed by atoms with Gasteiger partial charge in [0.1, 0.15) is 11.6 Å². The summed E-state index contributed by atoms with van der Waals surface area (Å²) in [6, 6.07) is 10.1. The fourth-order valence-corrected chi connectivity index (χ4v) is 3.70. The molecule has 0 bridgehead atoms. The number of nitrogens with zero attached hydrogens (tertiary/aromatic N) is 2. The molecule has 154 valence electrons. The highest BCUT2D eigenvalue weighted by atomic mass is 19.1. The average Bonchev–Trinajstić information content (AvgIpc) is 2.73. The number of benzene rings is 2. The molecule has 1 aliphatic rings. The third kappa shape index (κ3) is 4.01. The van der Waals surface area contributed by atoms with Gasteiger partial charge in [0.2, 0.25) is 5.78 Å². The smallest absolute Gasteiger partial charge is 0.338 e. The Hall–Kier alpha value is -3.35. The Morgan fingerprint density at radius 1 is 1.07 bits per heavy atom. The summed E-state index contributed by atoms with van der Waals surface area (Å²) >= 11 is 0. The molecule has 2 heterocycles. The van der Waals surface area contributed by atoms with Gasteiger partial charge in [-0.3, -0.25) is 14.2 Å². The van der Waals surface area contributed by atoms with E-state index in [9.17, 15) is 18.8 Å². The van der Waals surface area contributed by atoms with E-state index in [2.05, 4.69) is 4.98 Å². The zero-order chi connectivity index (χ0) is 21.1. The molecule has 0 saturated carbocycles. The number of aromatic nitrogens is 2. The molecule has 3 aromatic rings. The van der Waals surface area contributed by atoms with E-state index >= 15 is 0 Å². The van der Waals surface area contributed by atoms with Crippen molar-refractivity contribution in [3.63, 3.8) is 0 Å². The molecule has 2 aromatic carbocycles. The highest BCUT2D eigenvalue weighted by Gasteiger charge is 2.17. The van der Waals surface area contributed by atoms with Crippen molar-refractivity contribution in [2.24, 2.45) is 0 Å². The molecule has 0 amide bonds. The first-order valence-electron chi connectivity index (χ1n) is 10.0. The number of ether oxygens (including phenoxy) is 1. The molecule has 7 heteroatoms. The van der Waals surface area contributed by atoms with Crippen LogP contribution in [0.25, 0.3) is 10.9 Å². The number of esters is 1. The van der Waals surface area contributed by atoms with E-state index in [-0.39, 0.29) is 16.7 Å². The van der Waals surface area contributed by atoms with Gasteiger partial charge in [0.05, 0.1) is 22.0 Å². The van der Waals surface area contributed by atoms with E-state index in [4.69, 9.17) is 4.74 Å². The Kier molecular flexibility index (Phi) is 5.70.